The normalized spacial score (nSPS) is 12.4. The van der Waals surface area contributed by atoms with Gasteiger partial charge in [0.1, 0.15) is 0 Å². The third kappa shape index (κ3) is 3.30. The molecule has 0 unspecified atom stereocenters. The van der Waals surface area contributed by atoms with Gasteiger partial charge in [0, 0.05) is 11.9 Å². The summed E-state index contributed by atoms with van der Waals surface area (Å²) >= 11 is 1.67. The fraction of sp³-hybridized carbons (Fsp3) is 0.429. The van der Waals surface area contributed by atoms with Crippen LogP contribution in [0.3, 0.4) is 0 Å². The number of aryl methyl sites for hydroxylation is 1. The van der Waals surface area contributed by atoms with Crippen molar-refractivity contribution in [3.63, 3.8) is 0 Å². The van der Waals surface area contributed by atoms with E-state index in [0.717, 1.165) is 23.6 Å². The van der Waals surface area contributed by atoms with E-state index in [1.165, 1.54) is 4.88 Å². The van der Waals surface area contributed by atoms with Crippen LogP contribution in [0.15, 0.2) is 23.8 Å². The second-order valence-electron chi connectivity index (χ2n) is 4.58. The topological polar surface area (TPSA) is 49.2 Å². The number of pyridine rings is 1. The number of hydrogen-bond donors (Lipinski definition) is 1. The fourth-order valence-electron chi connectivity index (χ4n) is 1.81. The van der Waals surface area contributed by atoms with E-state index < -0.39 is 6.10 Å². The van der Waals surface area contributed by atoms with Gasteiger partial charge in [-0.25, -0.2) is 4.98 Å². The Balaban J connectivity index is 2.07. The summed E-state index contributed by atoms with van der Waals surface area (Å²) in [6.07, 6.45) is 2.02. The van der Waals surface area contributed by atoms with Gasteiger partial charge in [-0.05, 0) is 25.5 Å². The van der Waals surface area contributed by atoms with Gasteiger partial charge in [-0.2, -0.15) is 0 Å². The van der Waals surface area contributed by atoms with E-state index in [0.29, 0.717) is 6.42 Å². The van der Waals surface area contributed by atoms with Crippen molar-refractivity contribution in [2.45, 2.75) is 32.9 Å². The quantitative estimate of drug-likeness (QED) is 0.913. The van der Waals surface area contributed by atoms with Crippen LogP contribution in [0.5, 0.6) is 0 Å². The van der Waals surface area contributed by atoms with Gasteiger partial charge in [0.2, 0.25) is 0 Å². The molecule has 4 nitrogen and oxygen atoms in total. The Morgan fingerprint density at radius 3 is 2.68 bits per heavy atom. The van der Waals surface area contributed by atoms with Crippen molar-refractivity contribution in [1.29, 1.82) is 0 Å². The summed E-state index contributed by atoms with van der Waals surface area (Å²) in [4.78, 5) is 12.0. The molecule has 0 aliphatic rings. The lowest BCUT2D eigenvalue weighted by molar-refractivity contribution is 0.169. The zero-order valence-electron chi connectivity index (χ0n) is 11.5. The maximum absolute atomic E-state index is 9.72. The molecule has 1 atom stereocenters. The van der Waals surface area contributed by atoms with Crippen molar-refractivity contribution in [2.24, 2.45) is 0 Å². The highest BCUT2D eigenvalue weighted by molar-refractivity contribution is 7.09. The highest BCUT2D eigenvalue weighted by Crippen LogP contribution is 2.21. The molecule has 0 aliphatic carbocycles. The van der Waals surface area contributed by atoms with E-state index in [2.05, 4.69) is 14.9 Å². The molecular weight excluding hydrogens is 258 g/mol. The number of aliphatic hydroxyl groups is 1. The molecule has 102 valence electrons. The lowest BCUT2D eigenvalue weighted by Crippen LogP contribution is -2.16. The molecule has 19 heavy (non-hydrogen) atoms. The molecule has 0 bridgehead atoms. The van der Waals surface area contributed by atoms with E-state index in [1.54, 1.807) is 11.3 Å². The van der Waals surface area contributed by atoms with Gasteiger partial charge < -0.3 is 10.0 Å². The van der Waals surface area contributed by atoms with Crippen molar-refractivity contribution in [1.82, 2.24) is 9.97 Å². The molecule has 2 aromatic rings. The van der Waals surface area contributed by atoms with Crippen molar-refractivity contribution in [3.05, 3.63) is 40.1 Å². The van der Waals surface area contributed by atoms with Crippen LogP contribution in [0, 0.1) is 6.92 Å². The molecular formula is C14H19N3OS. The second-order valence-corrected chi connectivity index (χ2v) is 5.52. The first-order chi connectivity index (χ1) is 9.11. The first kappa shape index (κ1) is 14.0. The Morgan fingerprint density at radius 1 is 1.37 bits per heavy atom. The molecule has 0 amide bonds. The predicted octanol–water partition coefficient (Wildman–Crippen LogP) is 2.93. The SMILES string of the molecule is CC[C@H](O)c1ccc(N(C)Cc2scnc2C)cn1. The number of nitrogens with zero attached hydrogens (tertiary/aromatic N) is 3. The Morgan fingerprint density at radius 2 is 2.16 bits per heavy atom. The van der Waals surface area contributed by atoms with Gasteiger partial charge >= 0.3 is 0 Å². The van der Waals surface area contributed by atoms with Crippen LogP contribution in [-0.4, -0.2) is 22.1 Å². The van der Waals surface area contributed by atoms with Gasteiger partial charge in [-0.3, -0.25) is 4.98 Å². The van der Waals surface area contributed by atoms with Gasteiger partial charge in [0.15, 0.2) is 0 Å². The highest BCUT2D eigenvalue weighted by atomic mass is 32.1. The molecule has 2 aromatic heterocycles. The summed E-state index contributed by atoms with van der Waals surface area (Å²) in [5, 5.41) is 9.72. The van der Waals surface area contributed by atoms with Crippen LogP contribution in [0.25, 0.3) is 0 Å². The molecule has 5 heteroatoms. The van der Waals surface area contributed by atoms with Crippen molar-refractivity contribution < 1.29 is 5.11 Å². The van der Waals surface area contributed by atoms with Crippen LogP contribution < -0.4 is 4.90 Å². The predicted molar refractivity (Wildman–Crippen MR) is 78.4 cm³/mol. The zero-order valence-corrected chi connectivity index (χ0v) is 12.3. The van der Waals surface area contributed by atoms with Crippen molar-refractivity contribution >= 4 is 17.0 Å². The average Bonchev–Trinajstić information content (AvgIpc) is 2.83. The highest BCUT2D eigenvalue weighted by Gasteiger charge is 2.09. The average molecular weight is 277 g/mol. The molecule has 2 rings (SSSR count). The first-order valence-corrected chi connectivity index (χ1v) is 7.24. The second kappa shape index (κ2) is 6.12. The molecule has 0 aromatic carbocycles. The first-order valence-electron chi connectivity index (χ1n) is 6.36. The third-order valence-corrected chi connectivity index (χ3v) is 4.09. The van der Waals surface area contributed by atoms with E-state index in [-0.39, 0.29) is 0 Å². The number of anilines is 1. The van der Waals surface area contributed by atoms with Crippen molar-refractivity contribution in [3.8, 4) is 0 Å². The molecule has 1 N–H and O–H groups in total. The standard InChI is InChI=1S/C14H19N3OS/c1-4-13(18)12-6-5-11(7-15-12)17(3)8-14-10(2)16-9-19-14/h5-7,9,13,18H,4,8H2,1-3H3/t13-/m0/s1. The molecule has 0 saturated carbocycles. The van der Waals surface area contributed by atoms with E-state index >= 15 is 0 Å². The summed E-state index contributed by atoms with van der Waals surface area (Å²) in [6.45, 7) is 4.80. The molecule has 0 fully saturated rings. The van der Waals surface area contributed by atoms with Crippen LogP contribution in [-0.2, 0) is 6.54 Å². The largest absolute Gasteiger partial charge is 0.387 e. The Labute approximate surface area is 117 Å². The maximum atomic E-state index is 9.72. The molecule has 0 spiro atoms. The maximum Gasteiger partial charge on any atom is 0.0957 e. The van der Waals surface area contributed by atoms with Gasteiger partial charge in [-0.15, -0.1) is 11.3 Å². The number of rotatable bonds is 5. The Bertz CT molecular complexity index is 524. The molecule has 2 heterocycles. The van der Waals surface area contributed by atoms with Gasteiger partial charge in [0.05, 0.1) is 41.4 Å². The summed E-state index contributed by atoms with van der Waals surface area (Å²) in [6, 6.07) is 3.89. The number of aromatic nitrogens is 2. The molecule has 0 saturated heterocycles. The number of aliphatic hydroxyl groups excluding tert-OH is 1. The molecule has 0 aliphatic heterocycles. The van der Waals surface area contributed by atoms with Gasteiger partial charge in [0.25, 0.3) is 0 Å². The number of hydrogen-bond acceptors (Lipinski definition) is 5. The molecule has 0 radical (unpaired) electrons. The zero-order chi connectivity index (χ0) is 13.8. The van der Waals surface area contributed by atoms with E-state index in [1.807, 2.05) is 44.7 Å². The summed E-state index contributed by atoms with van der Waals surface area (Å²) in [5.74, 6) is 0. The lowest BCUT2D eigenvalue weighted by atomic mass is 10.2. The number of thiazole rings is 1. The van der Waals surface area contributed by atoms with Crippen LogP contribution in [0.1, 0.15) is 35.7 Å². The van der Waals surface area contributed by atoms with Crippen molar-refractivity contribution in [2.75, 3.05) is 11.9 Å². The summed E-state index contributed by atoms with van der Waals surface area (Å²) in [5.41, 5.74) is 4.73. The van der Waals surface area contributed by atoms with E-state index in [9.17, 15) is 5.11 Å². The summed E-state index contributed by atoms with van der Waals surface area (Å²) < 4.78 is 0. The lowest BCUT2D eigenvalue weighted by Gasteiger charge is -2.19. The van der Waals surface area contributed by atoms with E-state index in [4.69, 9.17) is 0 Å². The van der Waals surface area contributed by atoms with Crippen LogP contribution in [0.2, 0.25) is 0 Å². The minimum absolute atomic E-state index is 0.469. The Hall–Kier alpha value is -1.46. The minimum Gasteiger partial charge on any atom is -0.387 e. The fourth-order valence-corrected chi connectivity index (χ4v) is 2.64. The monoisotopic (exact) mass is 277 g/mol. The summed E-state index contributed by atoms with van der Waals surface area (Å²) in [7, 11) is 2.03. The van der Waals surface area contributed by atoms with Crippen LogP contribution in [0.4, 0.5) is 5.69 Å². The third-order valence-electron chi connectivity index (χ3n) is 3.17. The smallest absolute Gasteiger partial charge is 0.0957 e. The van der Waals surface area contributed by atoms with Crippen LogP contribution >= 0.6 is 11.3 Å². The Kier molecular flexibility index (Phi) is 4.50. The van der Waals surface area contributed by atoms with Gasteiger partial charge in [-0.1, -0.05) is 6.92 Å². The minimum atomic E-state index is -0.469.